The number of imide groups is 1. The quantitative estimate of drug-likeness (QED) is 0.616. The Labute approximate surface area is 108 Å². The van der Waals surface area contributed by atoms with Gasteiger partial charge in [0, 0.05) is 6.54 Å². The third kappa shape index (κ3) is 2.24. The van der Waals surface area contributed by atoms with Crippen LogP contribution in [0.2, 0.25) is 0 Å². The second-order valence-electron chi connectivity index (χ2n) is 5.62. The topological polar surface area (TPSA) is 37.4 Å². The van der Waals surface area contributed by atoms with E-state index in [1.54, 1.807) is 0 Å². The Morgan fingerprint density at radius 3 is 2.18 bits per heavy atom. The van der Waals surface area contributed by atoms with E-state index in [9.17, 15) is 9.59 Å². The molecule has 1 aliphatic heterocycles. The Balaban J connectivity index is 2.07. The number of likely N-dealkylation sites (tertiary alicyclic amines) is 1. The third-order valence-electron chi connectivity index (χ3n) is 4.28. The molecule has 96 valence electrons. The van der Waals surface area contributed by atoms with E-state index in [0.29, 0.717) is 18.4 Å². The largest absolute Gasteiger partial charge is 0.282 e. The van der Waals surface area contributed by atoms with Gasteiger partial charge in [0.2, 0.25) is 11.8 Å². The third-order valence-corrected chi connectivity index (χ3v) is 4.75. The predicted molar refractivity (Wildman–Crippen MR) is 69.7 cm³/mol. The van der Waals surface area contributed by atoms with Crippen LogP contribution >= 0.6 is 12.6 Å². The minimum atomic E-state index is -0.00442. The van der Waals surface area contributed by atoms with Gasteiger partial charge in [-0.1, -0.05) is 20.3 Å². The number of carbonyl (C=O) groups excluding carboxylic acids is 2. The van der Waals surface area contributed by atoms with Gasteiger partial charge in [0.1, 0.15) is 0 Å². The first-order chi connectivity index (χ1) is 8.06. The van der Waals surface area contributed by atoms with Crippen molar-refractivity contribution in [1.29, 1.82) is 0 Å². The molecule has 2 rings (SSSR count). The molecule has 0 radical (unpaired) electrons. The highest BCUT2D eigenvalue weighted by molar-refractivity contribution is 7.80. The zero-order valence-corrected chi connectivity index (χ0v) is 11.5. The molecule has 0 N–H and O–H groups in total. The Kier molecular flexibility index (Phi) is 3.81. The molecule has 4 heteroatoms. The van der Waals surface area contributed by atoms with Crippen LogP contribution in [-0.4, -0.2) is 29.0 Å². The molecule has 0 aromatic rings. The summed E-state index contributed by atoms with van der Waals surface area (Å²) in [6.45, 7) is 4.80. The van der Waals surface area contributed by atoms with Gasteiger partial charge < -0.3 is 0 Å². The zero-order valence-electron chi connectivity index (χ0n) is 10.6. The van der Waals surface area contributed by atoms with Crippen LogP contribution in [0.1, 0.15) is 33.1 Å². The molecule has 2 fully saturated rings. The van der Waals surface area contributed by atoms with Gasteiger partial charge in [0.25, 0.3) is 0 Å². The predicted octanol–water partition coefficient (Wildman–Crippen LogP) is 1.97. The fraction of sp³-hybridized carbons (Fsp3) is 0.846. The molecule has 1 aliphatic carbocycles. The van der Waals surface area contributed by atoms with Crippen molar-refractivity contribution in [1.82, 2.24) is 4.90 Å². The minimum absolute atomic E-state index is 0.00442. The van der Waals surface area contributed by atoms with Crippen molar-refractivity contribution in [2.24, 2.45) is 23.7 Å². The van der Waals surface area contributed by atoms with Gasteiger partial charge in [-0.3, -0.25) is 14.5 Å². The zero-order chi connectivity index (χ0) is 12.6. The molecule has 2 aliphatic rings. The molecule has 2 amide bonds. The fourth-order valence-electron chi connectivity index (χ4n) is 2.95. The van der Waals surface area contributed by atoms with Gasteiger partial charge in [-0.05, 0) is 30.4 Å². The molecule has 1 saturated heterocycles. The summed E-state index contributed by atoms with van der Waals surface area (Å²) in [7, 11) is 0. The van der Waals surface area contributed by atoms with Crippen molar-refractivity contribution in [3.05, 3.63) is 0 Å². The first-order valence-electron chi connectivity index (χ1n) is 6.52. The normalized spacial score (nSPS) is 30.2. The second-order valence-corrected chi connectivity index (χ2v) is 5.98. The van der Waals surface area contributed by atoms with Crippen molar-refractivity contribution in [2.75, 3.05) is 12.3 Å². The number of thiol groups is 1. The van der Waals surface area contributed by atoms with E-state index < -0.39 is 0 Å². The van der Waals surface area contributed by atoms with E-state index in [4.69, 9.17) is 0 Å². The van der Waals surface area contributed by atoms with Gasteiger partial charge in [-0.15, -0.1) is 0 Å². The lowest BCUT2D eigenvalue weighted by Crippen LogP contribution is -2.38. The summed E-state index contributed by atoms with van der Waals surface area (Å²) in [5.74, 6) is 1.63. The van der Waals surface area contributed by atoms with Crippen LogP contribution in [-0.2, 0) is 9.59 Å². The van der Waals surface area contributed by atoms with Crippen LogP contribution in [0, 0.1) is 23.7 Å². The Hall–Kier alpha value is -0.510. The monoisotopic (exact) mass is 255 g/mol. The van der Waals surface area contributed by atoms with Gasteiger partial charge >= 0.3 is 0 Å². The number of hydrogen-bond donors (Lipinski definition) is 1. The average molecular weight is 255 g/mol. The lowest BCUT2D eigenvalue weighted by molar-refractivity contribution is -0.141. The van der Waals surface area contributed by atoms with Crippen LogP contribution in [0.15, 0.2) is 0 Å². The fourth-order valence-corrected chi connectivity index (χ4v) is 3.49. The van der Waals surface area contributed by atoms with E-state index in [2.05, 4.69) is 26.5 Å². The van der Waals surface area contributed by atoms with Crippen LogP contribution in [0.3, 0.4) is 0 Å². The van der Waals surface area contributed by atoms with E-state index in [0.717, 1.165) is 25.0 Å². The molecule has 3 nitrogen and oxygen atoms in total. The van der Waals surface area contributed by atoms with E-state index in [1.807, 2.05) is 0 Å². The highest BCUT2D eigenvalue weighted by Crippen LogP contribution is 2.40. The summed E-state index contributed by atoms with van der Waals surface area (Å²) in [5.41, 5.74) is 0. The first-order valence-corrected chi connectivity index (χ1v) is 7.15. The lowest BCUT2D eigenvalue weighted by Gasteiger charge is -2.24. The summed E-state index contributed by atoms with van der Waals surface area (Å²) in [6.07, 6.45) is 2.83. The standard InChI is InChI=1S/C13H21NO2S/c1-8(2)9(7-17)6-14-12(15)10-4-3-5-11(10)13(14)16/h8-11,17H,3-7H2,1-2H3. The molecule has 3 atom stereocenters. The molecular formula is C13H21NO2S. The molecule has 0 aromatic heterocycles. The number of fused-ring (bicyclic) bond motifs is 1. The van der Waals surface area contributed by atoms with Crippen molar-refractivity contribution >= 4 is 24.4 Å². The molecule has 0 bridgehead atoms. The first kappa shape index (κ1) is 12.9. The Morgan fingerprint density at radius 1 is 1.24 bits per heavy atom. The van der Waals surface area contributed by atoms with Gasteiger partial charge in [-0.25, -0.2) is 0 Å². The van der Waals surface area contributed by atoms with Gasteiger partial charge in [0.05, 0.1) is 11.8 Å². The maximum atomic E-state index is 12.2. The Bertz CT molecular complexity index is 307. The highest BCUT2D eigenvalue weighted by Gasteiger charge is 2.49. The summed E-state index contributed by atoms with van der Waals surface area (Å²) < 4.78 is 0. The van der Waals surface area contributed by atoms with Gasteiger partial charge in [0.15, 0.2) is 0 Å². The number of nitrogens with zero attached hydrogens (tertiary/aromatic N) is 1. The summed E-state index contributed by atoms with van der Waals surface area (Å²) in [5, 5.41) is 0. The number of rotatable bonds is 4. The number of amides is 2. The van der Waals surface area contributed by atoms with Crippen molar-refractivity contribution in [3.63, 3.8) is 0 Å². The average Bonchev–Trinajstić information content (AvgIpc) is 2.83. The van der Waals surface area contributed by atoms with Crippen molar-refractivity contribution in [2.45, 2.75) is 33.1 Å². The lowest BCUT2D eigenvalue weighted by atomic mass is 9.97. The van der Waals surface area contributed by atoms with Crippen LogP contribution in [0.25, 0.3) is 0 Å². The molecule has 17 heavy (non-hydrogen) atoms. The highest BCUT2D eigenvalue weighted by atomic mass is 32.1. The van der Waals surface area contributed by atoms with Crippen LogP contribution in [0.4, 0.5) is 0 Å². The Morgan fingerprint density at radius 2 is 1.76 bits per heavy atom. The minimum Gasteiger partial charge on any atom is -0.282 e. The molecule has 1 saturated carbocycles. The van der Waals surface area contributed by atoms with E-state index >= 15 is 0 Å². The van der Waals surface area contributed by atoms with Gasteiger partial charge in [-0.2, -0.15) is 12.6 Å². The smallest absolute Gasteiger partial charge is 0.233 e. The maximum absolute atomic E-state index is 12.2. The van der Waals surface area contributed by atoms with Crippen LogP contribution in [0.5, 0.6) is 0 Å². The second kappa shape index (κ2) is 5.01. The van der Waals surface area contributed by atoms with Crippen molar-refractivity contribution < 1.29 is 9.59 Å². The maximum Gasteiger partial charge on any atom is 0.233 e. The summed E-state index contributed by atoms with van der Waals surface area (Å²) in [6, 6.07) is 0. The van der Waals surface area contributed by atoms with Crippen molar-refractivity contribution in [3.8, 4) is 0 Å². The molecular weight excluding hydrogens is 234 g/mol. The van der Waals surface area contributed by atoms with E-state index in [1.165, 1.54) is 4.90 Å². The number of hydrogen-bond acceptors (Lipinski definition) is 3. The molecule has 0 aromatic carbocycles. The molecule has 1 heterocycles. The summed E-state index contributed by atoms with van der Waals surface area (Å²) in [4.78, 5) is 25.8. The van der Waals surface area contributed by atoms with Crippen LogP contribution < -0.4 is 0 Å². The molecule has 3 unspecified atom stereocenters. The number of carbonyl (C=O) groups is 2. The summed E-state index contributed by atoms with van der Waals surface area (Å²) >= 11 is 4.32. The molecule has 0 spiro atoms. The van der Waals surface area contributed by atoms with E-state index in [-0.39, 0.29) is 23.7 Å². The SMILES string of the molecule is CC(C)C(CS)CN1C(=O)C2CCCC2C1=O.